The third kappa shape index (κ3) is 3.79. The molecule has 0 spiro atoms. The van der Waals surface area contributed by atoms with Crippen LogP contribution in [0, 0.1) is 0 Å². The Balaban J connectivity index is 1.46. The lowest BCUT2D eigenvalue weighted by Crippen LogP contribution is -2.29. The lowest BCUT2D eigenvalue weighted by molar-refractivity contribution is 0.255. The van der Waals surface area contributed by atoms with Crippen LogP contribution in [0.1, 0.15) is 36.3 Å². The Morgan fingerprint density at radius 2 is 1.71 bits per heavy atom. The Hall–Kier alpha value is -2.82. The number of aromatic amines is 1. The molecule has 4 nitrogen and oxygen atoms in total. The van der Waals surface area contributed by atoms with Gasteiger partial charge in [0.1, 0.15) is 5.65 Å². The molecule has 174 valence electrons. The Bertz CT molecular complexity index is 1330. The summed E-state index contributed by atoms with van der Waals surface area (Å²) < 4.78 is 0. The number of hydrogen-bond acceptors (Lipinski definition) is 3. The number of fused-ring (bicyclic) bond motifs is 2. The number of pyridine rings is 1. The number of H-pyrrole nitrogens is 1. The Morgan fingerprint density at radius 1 is 0.941 bits per heavy atom. The van der Waals surface area contributed by atoms with E-state index in [1.165, 1.54) is 60.3 Å². The van der Waals surface area contributed by atoms with Crippen molar-refractivity contribution >= 4 is 28.3 Å². The van der Waals surface area contributed by atoms with Crippen molar-refractivity contribution in [2.24, 2.45) is 0 Å². The predicted molar refractivity (Wildman–Crippen MR) is 143 cm³/mol. The van der Waals surface area contributed by atoms with E-state index in [0.29, 0.717) is 5.92 Å². The van der Waals surface area contributed by atoms with E-state index in [2.05, 4.69) is 76.3 Å². The molecule has 34 heavy (non-hydrogen) atoms. The number of aryl methyl sites for hydroxylation is 1. The number of hydrogen-bond donors (Lipinski definition) is 1. The van der Waals surface area contributed by atoms with Gasteiger partial charge in [0, 0.05) is 36.4 Å². The lowest BCUT2D eigenvalue weighted by Gasteiger charge is -2.29. The standard InChI is InChI=1S/C29H31ClN4/c1-33-16-12-20(13-17-33)19-5-8-22(9-6-19)28-26(27-24(30)11-14-31-29(27)32-28)23-10-7-21-4-3-15-34(2)25(21)18-23/h5-11,14,18,20H,3-4,12-13,15-17H2,1-2H3,(H,31,32). The fourth-order valence-electron chi connectivity index (χ4n) is 5.76. The van der Waals surface area contributed by atoms with Gasteiger partial charge in [-0.05, 0) is 86.1 Å². The molecule has 0 bridgehead atoms. The fraction of sp³-hybridized carbons (Fsp3) is 0.345. The van der Waals surface area contributed by atoms with Crippen LogP contribution in [0.25, 0.3) is 33.4 Å². The van der Waals surface area contributed by atoms with Crippen LogP contribution in [0.4, 0.5) is 5.69 Å². The topological polar surface area (TPSA) is 35.2 Å². The van der Waals surface area contributed by atoms with E-state index in [9.17, 15) is 0 Å². The molecule has 4 heterocycles. The SMILES string of the molecule is CN1CCC(c2ccc(-c3[nH]c4nccc(Cl)c4c3-c3ccc4c(c3)N(C)CCC4)cc2)CC1. The summed E-state index contributed by atoms with van der Waals surface area (Å²) in [6.07, 6.45) is 6.59. The minimum atomic E-state index is 0.653. The van der Waals surface area contributed by atoms with Crippen molar-refractivity contribution < 1.29 is 0 Å². The number of rotatable bonds is 3. The average Bonchev–Trinajstić information content (AvgIpc) is 3.26. The van der Waals surface area contributed by atoms with Crippen molar-refractivity contribution in [2.45, 2.75) is 31.6 Å². The summed E-state index contributed by atoms with van der Waals surface area (Å²) in [6.45, 7) is 3.45. The van der Waals surface area contributed by atoms with Crippen molar-refractivity contribution in [2.75, 3.05) is 38.6 Å². The number of piperidine rings is 1. The van der Waals surface area contributed by atoms with Crippen LogP contribution >= 0.6 is 11.6 Å². The highest BCUT2D eigenvalue weighted by atomic mass is 35.5. The van der Waals surface area contributed by atoms with E-state index in [1.54, 1.807) is 6.20 Å². The molecule has 0 unspecified atom stereocenters. The third-order valence-corrected chi connectivity index (χ3v) is 8.07. The van der Waals surface area contributed by atoms with E-state index in [-0.39, 0.29) is 0 Å². The fourth-order valence-corrected chi connectivity index (χ4v) is 6.00. The highest BCUT2D eigenvalue weighted by molar-refractivity contribution is 6.36. The zero-order chi connectivity index (χ0) is 23.2. The summed E-state index contributed by atoms with van der Waals surface area (Å²) in [4.78, 5) is 13.0. The van der Waals surface area contributed by atoms with Crippen molar-refractivity contribution in [3.8, 4) is 22.4 Å². The van der Waals surface area contributed by atoms with Crippen LogP contribution < -0.4 is 4.90 Å². The number of anilines is 1. The monoisotopic (exact) mass is 470 g/mol. The molecule has 2 aromatic carbocycles. The molecule has 0 aliphatic carbocycles. The zero-order valence-corrected chi connectivity index (χ0v) is 20.7. The number of likely N-dealkylation sites (tertiary alicyclic amines) is 1. The number of benzene rings is 2. The molecule has 2 aromatic heterocycles. The van der Waals surface area contributed by atoms with Gasteiger partial charge in [-0.3, -0.25) is 0 Å². The first-order valence-electron chi connectivity index (χ1n) is 12.4. The zero-order valence-electron chi connectivity index (χ0n) is 19.9. The summed E-state index contributed by atoms with van der Waals surface area (Å²) in [5, 5.41) is 1.73. The van der Waals surface area contributed by atoms with E-state index in [4.69, 9.17) is 11.6 Å². The highest BCUT2D eigenvalue weighted by Gasteiger charge is 2.22. The minimum Gasteiger partial charge on any atom is -0.374 e. The molecule has 0 atom stereocenters. The van der Waals surface area contributed by atoms with Crippen molar-refractivity contribution in [3.63, 3.8) is 0 Å². The van der Waals surface area contributed by atoms with Gasteiger partial charge in [-0.25, -0.2) is 4.98 Å². The second-order valence-corrected chi connectivity index (χ2v) is 10.4. The van der Waals surface area contributed by atoms with E-state index >= 15 is 0 Å². The van der Waals surface area contributed by atoms with Crippen LogP contribution in [-0.2, 0) is 6.42 Å². The number of aromatic nitrogens is 2. The maximum absolute atomic E-state index is 6.75. The summed E-state index contributed by atoms with van der Waals surface area (Å²) in [6, 6.07) is 17.9. The van der Waals surface area contributed by atoms with Gasteiger partial charge < -0.3 is 14.8 Å². The van der Waals surface area contributed by atoms with Gasteiger partial charge >= 0.3 is 0 Å². The molecule has 2 aliphatic heterocycles. The number of nitrogens with zero attached hydrogens (tertiary/aromatic N) is 3. The summed E-state index contributed by atoms with van der Waals surface area (Å²) >= 11 is 6.75. The van der Waals surface area contributed by atoms with E-state index in [1.807, 2.05) is 6.07 Å². The Labute approximate surface area is 206 Å². The molecule has 1 saturated heterocycles. The molecular weight excluding hydrogens is 440 g/mol. The van der Waals surface area contributed by atoms with Gasteiger partial charge in [0.2, 0.25) is 0 Å². The molecule has 0 radical (unpaired) electrons. The molecule has 1 fully saturated rings. The number of nitrogens with one attached hydrogen (secondary N) is 1. The van der Waals surface area contributed by atoms with Crippen molar-refractivity contribution in [1.82, 2.24) is 14.9 Å². The van der Waals surface area contributed by atoms with Crippen LogP contribution in [-0.4, -0.2) is 48.6 Å². The van der Waals surface area contributed by atoms with Crippen LogP contribution in [0.3, 0.4) is 0 Å². The van der Waals surface area contributed by atoms with Gasteiger partial charge in [0.05, 0.1) is 10.7 Å². The molecule has 6 rings (SSSR count). The molecule has 5 heteroatoms. The largest absolute Gasteiger partial charge is 0.374 e. The molecule has 1 N–H and O–H groups in total. The third-order valence-electron chi connectivity index (χ3n) is 7.76. The van der Waals surface area contributed by atoms with Gasteiger partial charge in [0.25, 0.3) is 0 Å². The first kappa shape index (κ1) is 21.7. The molecule has 2 aliphatic rings. The first-order valence-corrected chi connectivity index (χ1v) is 12.8. The van der Waals surface area contributed by atoms with Gasteiger partial charge in [-0.2, -0.15) is 0 Å². The molecular formula is C29H31ClN4. The van der Waals surface area contributed by atoms with Crippen LogP contribution in [0.15, 0.2) is 54.7 Å². The van der Waals surface area contributed by atoms with E-state index in [0.717, 1.165) is 40.3 Å². The van der Waals surface area contributed by atoms with Crippen LogP contribution in [0.5, 0.6) is 0 Å². The van der Waals surface area contributed by atoms with Crippen molar-refractivity contribution in [3.05, 3.63) is 70.9 Å². The quantitative estimate of drug-likeness (QED) is 0.360. The van der Waals surface area contributed by atoms with Gasteiger partial charge in [-0.15, -0.1) is 0 Å². The summed E-state index contributed by atoms with van der Waals surface area (Å²) in [5.41, 5.74) is 9.61. The van der Waals surface area contributed by atoms with Gasteiger partial charge in [0.15, 0.2) is 0 Å². The Morgan fingerprint density at radius 3 is 2.50 bits per heavy atom. The first-order chi connectivity index (χ1) is 16.6. The Kier molecular flexibility index (Phi) is 5.59. The maximum atomic E-state index is 6.75. The second-order valence-electron chi connectivity index (χ2n) is 9.96. The number of halogens is 1. The smallest absolute Gasteiger partial charge is 0.139 e. The predicted octanol–water partition coefficient (Wildman–Crippen LogP) is 6.74. The minimum absolute atomic E-state index is 0.653. The lowest BCUT2D eigenvalue weighted by atomic mass is 9.88. The molecule has 0 saturated carbocycles. The molecule has 0 amide bonds. The second kappa shape index (κ2) is 8.75. The molecule has 4 aromatic rings. The maximum Gasteiger partial charge on any atom is 0.139 e. The normalized spacial score (nSPS) is 17.3. The average molecular weight is 471 g/mol. The van der Waals surface area contributed by atoms with Crippen LogP contribution in [0.2, 0.25) is 5.02 Å². The summed E-state index contributed by atoms with van der Waals surface area (Å²) in [5.74, 6) is 0.653. The van der Waals surface area contributed by atoms with Crippen molar-refractivity contribution in [1.29, 1.82) is 0 Å². The van der Waals surface area contributed by atoms with E-state index < -0.39 is 0 Å². The van der Waals surface area contributed by atoms with Gasteiger partial charge in [-0.1, -0.05) is 48.0 Å². The highest BCUT2D eigenvalue weighted by Crippen LogP contribution is 2.43. The summed E-state index contributed by atoms with van der Waals surface area (Å²) in [7, 11) is 4.41.